The lowest BCUT2D eigenvalue weighted by molar-refractivity contribution is 0.0362. The fourth-order valence-corrected chi connectivity index (χ4v) is 2.39. The molecule has 5 nitrogen and oxygen atoms in total. The van der Waals surface area contributed by atoms with E-state index in [1.54, 1.807) is 4.90 Å². The molecule has 2 atom stereocenters. The van der Waals surface area contributed by atoms with Gasteiger partial charge in [-0.15, -0.1) is 0 Å². The number of urea groups is 1. The Balaban J connectivity index is 2.10. The third kappa shape index (κ3) is 1.84. The van der Waals surface area contributed by atoms with Crippen molar-refractivity contribution < 1.29 is 9.53 Å². The number of carbonyl (C=O) groups excluding carboxylic acids is 1. The number of amidine groups is 1. The van der Waals surface area contributed by atoms with Crippen LogP contribution in [-0.4, -0.2) is 42.6 Å². The van der Waals surface area contributed by atoms with E-state index in [1.807, 2.05) is 6.92 Å². The van der Waals surface area contributed by atoms with Crippen LogP contribution in [0.5, 0.6) is 0 Å². The van der Waals surface area contributed by atoms with Crippen LogP contribution in [0, 0.1) is 11.3 Å². The van der Waals surface area contributed by atoms with Gasteiger partial charge < -0.3 is 9.64 Å². The number of hydrogen-bond donors (Lipinski definition) is 2. The first-order valence-electron chi connectivity index (χ1n) is 5.48. The van der Waals surface area contributed by atoms with Crippen molar-refractivity contribution in [3.8, 4) is 0 Å². The summed E-state index contributed by atoms with van der Waals surface area (Å²) in [7, 11) is 0. The van der Waals surface area contributed by atoms with Gasteiger partial charge in [-0.05, 0) is 19.8 Å². The Labute approximate surface area is 89.3 Å². The molecule has 2 rings (SSSR count). The lowest BCUT2D eigenvalue weighted by atomic mass is 9.92. The Bertz CT molecular complexity index is 274. The standard InChI is InChI=1S/C10H17N3O2/c1-2-13-8(9(11)12-10(13)14)7-4-3-5-15-6-7/h7-8H,2-6H2,1H3,(H2,11,12,14). The summed E-state index contributed by atoms with van der Waals surface area (Å²) in [6, 6.07) is -0.235. The van der Waals surface area contributed by atoms with Crippen LogP contribution in [0.25, 0.3) is 0 Å². The van der Waals surface area contributed by atoms with Gasteiger partial charge in [0.15, 0.2) is 0 Å². The van der Waals surface area contributed by atoms with E-state index in [2.05, 4.69) is 5.32 Å². The molecule has 0 bridgehead atoms. The maximum Gasteiger partial charge on any atom is 0.323 e. The second kappa shape index (κ2) is 4.18. The molecule has 0 radical (unpaired) electrons. The summed E-state index contributed by atoms with van der Waals surface area (Å²) >= 11 is 0. The second-order valence-electron chi connectivity index (χ2n) is 4.05. The molecular formula is C10H17N3O2. The second-order valence-corrected chi connectivity index (χ2v) is 4.05. The van der Waals surface area contributed by atoms with Gasteiger partial charge in [-0.1, -0.05) is 0 Å². The number of hydrogen-bond acceptors (Lipinski definition) is 3. The molecular weight excluding hydrogens is 194 g/mol. The van der Waals surface area contributed by atoms with E-state index in [1.165, 1.54) is 0 Å². The van der Waals surface area contributed by atoms with Crippen molar-refractivity contribution in [1.29, 1.82) is 5.41 Å². The lowest BCUT2D eigenvalue weighted by Gasteiger charge is -2.31. The van der Waals surface area contributed by atoms with Gasteiger partial charge in [-0.25, -0.2) is 4.79 Å². The average molecular weight is 211 g/mol. The smallest absolute Gasteiger partial charge is 0.323 e. The Morgan fingerprint density at radius 2 is 2.47 bits per heavy atom. The Morgan fingerprint density at radius 1 is 1.67 bits per heavy atom. The van der Waals surface area contributed by atoms with Gasteiger partial charge in [0.05, 0.1) is 12.6 Å². The molecule has 2 aliphatic heterocycles. The van der Waals surface area contributed by atoms with Gasteiger partial charge in [0.2, 0.25) is 0 Å². The van der Waals surface area contributed by atoms with Gasteiger partial charge in [-0.2, -0.15) is 0 Å². The summed E-state index contributed by atoms with van der Waals surface area (Å²) in [4.78, 5) is 13.2. The van der Waals surface area contributed by atoms with Crippen molar-refractivity contribution in [2.75, 3.05) is 19.8 Å². The Hall–Kier alpha value is -1.10. The van der Waals surface area contributed by atoms with E-state index in [9.17, 15) is 4.79 Å². The van der Waals surface area contributed by atoms with E-state index in [0.717, 1.165) is 19.4 Å². The molecule has 15 heavy (non-hydrogen) atoms. The van der Waals surface area contributed by atoms with Crippen LogP contribution < -0.4 is 5.32 Å². The van der Waals surface area contributed by atoms with Gasteiger partial charge in [-0.3, -0.25) is 10.7 Å². The van der Waals surface area contributed by atoms with Crippen LogP contribution in [0.1, 0.15) is 19.8 Å². The van der Waals surface area contributed by atoms with Crippen LogP contribution >= 0.6 is 0 Å². The fourth-order valence-electron chi connectivity index (χ4n) is 2.39. The first kappa shape index (κ1) is 10.4. The van der Waals surface area contributed by atoms with Gasteiger partial charge in [0.25, 0.3) is 0 Å². The summed E-state index contributed by atoms with van der Waals surface area (Å²) < 4.78 is 5.41. The van der Waals surface area contributed by atoms with Crippen LogP contribution in [0.4, 0.5) is 4.79 Å². The average Bonchev–Trinajstić information content (AvgIpc) is 2.54. The molecule has 0 saturated carbocycles. The summed E-state index contributed by atoms with van der Waals surface area (Å²) in [5.74, 6) is 0.613. The molecule has 2 N–H and O–H groups in total. The van der Waals surface area contributed by atoms with Crippen molar-refractivity contribution >= 4 is 11.9 Å². The Morgan fingerprint density at radius 3 is 3.07 bits per heavy atom. The minimum Gasteiger partial charge on any atom is -0.381 e. The van der Waals surface area contributed by atoms with E-state index < -0.39 is 0 Å². The van der Waals surface area contributed by atoms with Crippen LogP contribution in [0.15, 0.2) is 0 Å². The lowest BCUT2D eigenvalue weighted by Crippen LogP contribution is -2.43. The van der Waals surface area contributed by atoms with Crippen LogP contribution in [0.3, 0.4) is 0 Å². The summed E-state index contributed by atoms with van der Waals surface area (Å²) in [6.45, 7) is 4.06. The van der Waals surface area contributed by atoms with Gasteiger partial charge in [0.1, 0.15) is 5.84 Å². The molecule has 84 valence electrons. The Kier molecular flexibility index (Phi) is 2.90. The van der Waals surface area contributed by atoms with E-state index in [-0.39, 0.29) is 18.0 Å². The zero-order chi connectivity index (χ0) is 10.8. The number of nitrogens with zero attached hydrogens (tertiary/aromatic N) is 1. The molecule has 0 spiro atoms. The minimum atomic E-state index is -0.141. The van der Waals surface area contributed by atoms with Crippen molar-refractivity contribution in [1.82, 2.24) is 10.2 Å². The largest absolute Gasteiger partial charge is 0.381 e. The van der Waals surface area contributed by atoms with Gasteiger partial charge in [0, 0.05) is 19.1 Å². The topological polar surface area (TPSA) is 65.4 Å². The molecule has 2 aliphatic rings. The monoisotopic (exact) mass is 211 g/mol. The highest BCUT2D eigenvalue weighted by Crippen LogP contribution is 2.24. The van der Waals surface area contributed by atoms with E-state index in [4.69, 9.17) is 10.1 Å². The molecule has 0 aliphatic carbocycles. The van der Waals surface area contributed by atoms with Crippen molar-refractivity contribution in [3.05, 3.63) is 0 Å². The maximum atomic E-state index is 11.5. The molecule has 0 aromatic heterocycles. The molecule has 0 aromatic rings. The highest BCUT2D eigenvalue weighted by Gasteiger charge is 2.40. The number of nitrogens with one attached hydrogen (secondary N) is 2. The summed E-state index contributed by atoms with van der Waals surface area (Å²) in [5.41, 5.74) is 0. The summed E-state index contributed by atoms with van der Waals surface area (Å²) in [6.07, 6.45) is 2.07. The molecule has 0 aromatic carbocycles. The third-order valence-corrected chi connectivity index (χ3v) is 3.12. The fraction of sp³-hybridized carbons (Fsp3) is 0.800. The molecule has 2 heterocycles. The maximum absolute atomic E-state index is 11.5. The first-order chi connectivity index (χ1) is 7.24. The van der Waals surface area contributed by atoms with Gasteiger partial charge >= 0.3 is 6.03 Å². The van der Waals surface area contributed by atoms with E-state index in [0.29, 0.717) is 19.0 Å². The number of amides is 2. The van der Waals surface area contributed by atoms with Crippen molar-refractivity contribution in [3.63, 3.8) is 0 Å². The molecule has 2 fully saturated rings. The highest BCUT2D eigenvalue weighted by molar-refractivity contribution is 6.05. The molecule has 5 heteroatoms. The zero-order valence-corrected chi connectivity index (χ0v) is 8.95. The molecule has 2 amide bonds. The van der Waals surface area contributed by atoms with Crippen LogP contribution in [0.2, 0.25) is 0 Å². The highest BCUT2D eigenvalue weighted by atomic mass is 16.5. The SMILES string of the molecule is CCN1C(=O)NC(=N)C1C1CCCOC1. The predicted molar refractivity (Wildman–Crippen MR) is 56.0 cm³/mol. The molecule has 2 saturated heterocycles. The predicted octanol–water partition coefficient (Wildman–Crippen LogP) is 0.804. The molecule has 2 unspecified atom stereocenters. The van der Waals surface area contributed by atoms with Crippen LogP contribution in [-0.2, 0) is 4.74 Å². The van der Waals surface area contributed by atoms with E-state index >= 15 is 0 Å². The zero-order valence-electron chi connectivity index (χ0n) is 8.95. The van der Waals surface area contributed by atoms with Crippen molar-refractivity contribution in [2.45, 2.75) is 25.8 Å². The number of likely N-dealkylation sites (N-methyl/N-ethyl adjacent to an activating group) is 1. The number of ether oxygens (including phenoxy) is 1. The minimum absolute atomic E-state index is 0.0946. The third-order valence-electron chi connectivity index (χ3n) is 3.12. The number of rotatable bonds is 2. The normalized spacial score (nSPS) is 31.9. The first-order valence-corrected chi connectivity index (χ1v) is 5.48. The van der Waals surface area contributed by atoms with Crippen molar-refractivity contribution in [2.24, 2.45) is 5.92 Å². The number of carbonyl (C=O) groups is 1. The quantitative estimate of drug-likeness (QED) is 0.709. The summed E-state index contributed by atoms with van der Waals surface area (Å²) in [5, 5.41) is 10.4.